The molecule has 0 aliphatic heterocycles. The van der Waals surface area contributed by atoms with Gasteiger partial charge in [-0.2, -0.15) is 0 Å². The fraction of sp³-hybridized carbons (Fsp3) is 0.882. The van der Waals surface area contributed by atoms with E-state index in [9.17, 15) is 13.2 Å². The molecule has 1 aliphatic carbocycles. The lowest BCUT2D eigenvalue weighted by Crippen LogP contribution is -2.49. The molecule has 25 heavy (non-hydrogen) atoms. The summed E-state index contributed by atoms with van der Waals surface area (Å²) in [5.74, 6) is 0.696. The minimum atomic E-state index is -3.20. The van der Waals surface area contributed by atoms with Crippen LogP contribution in [0, 0.1) is 5.41 Å². The lowest BCUT2D eigenvalue weighted by molar-refractivity contribution is -0.138. The van der Waals surface area contributed by atoms with E-state index < -0.39 is 20.0 Å². The van der Waals surface area contributed by atoms with Crippen LogP contribution < -0.4 is 10.6 Å². The SMILES string of the molecule is CCNC(=NCC(C)(C)S(C)(=O)=O)NCC1(C(=O)N(C)C)CCCC1. The summed E-state index contributed by atoms with van der Waals surface area (Å²) >= 11 is 0. The maximum absolute atomic E-state index is 12.6. The van der Waals surface area contributed by atoms with Crippen molar-refractivity contribution in [3.05, 3.63) is 0 Å². The van der Waals surface area contributed by atoms with E-state index in [1.165, 1.54) is 6.26 Å². The lowest BCUT2D eigenvalue weighted by atomic mass is 9.84. The average molecular weight is 375 g/mol. The summed E-state index contributed by atoms with van der Waals surface area (Å²) < 4.78 is 22.8. The molecule has 0 bridgehead atoms. The molecule has 0 saturated heterocycles. The number of nitrogens with zero attached hydrogens (tertiary/aromatic N) is 2. The number of guanidine groups is 1. The van der Waals surface area contributed by atoms with Crippen molar-refractivity contribution in [2.75, 3.05) is 40.0 Å². The number of carbonyl (C=O) groups excluding carboxylic acids is 1. The van der Waals surface area contributed by atoms with E-state index in [1.54, 1.807) is 32.8 Å². The summed E-state index contributed by atoms with van der Waals surface area (Å²) in [6, 6.07) is 0. The van der Waals surface area contributed by atoms with Gasteiger partial charge in [0.25, 0.3) is 0 Å². The molecule has 0 aromatic carbocycles. The number of carbonyl (C=O) groups is 1. The van der Waals surface area contributed by atoms with Crippen molar-refractivity contribution < 1.29 is 13.2 Å². The first-order valence-electron chi connectivity index (χ1n) is 8.89. The molecular weight excluding hydrogens is 340 g/mol. The Kier molecular flexibility index (Phi) is 7.28. The molecule has 1 rings (SSSR count). The summed E-state index contributed by atoms with van der Waals surface area (Å²) in [5.41, 5.74) is -0.397. The normalized spacial score (nSPS) is 18.1. The highest BCUT2D eigenvalue weighted by Crippen LogP contribution is 2.38. The van der Waals surface area contributed by atoms with Crippen molar-refractivity contribution in [2.45, 2.75) is 51.2 Å². The Morgan fingerprint density at radius 3 is 2.20 bits per heavy atom. The monoisotopic (exact) mass is 374 g/mol. The minimum absolute atomic E-state index is 0.143. The molecule has 0 atom stereocenters. The molecule has 0 aromatic rings. The predicted octanol–water partition coefficient (Wildman–Crippen LogP) is 1.01. The van der Waals surface area contributed by atoms with Crippen molar-refractivity contribution in [2.24, 2.45) is 10.4 Å². The maximum atomic E-state index is 12.6. The molecule has 1 aliphatic rings. The van der Waals surface area contributed by atoms with Gasteiger partial charge in [0, 0.05) is 33.4 Å². The van der Waals surface area contributed by atoms with Crippen LogP contribution in [0.4, 0.5) is 0 Å². The fourth-order valence-electron chi connectivity index (χ4n) is 2.97. The molecule has 2 N–H and O–H groups in total. The van der Waals surface area contributed by atoms with Crippen LogP contribution in [0.1, 0.15) is 46.5 Å². The Hall–Kier alpha value is -1.31. The number of hydrogen-bond donors (Lipinski definition) is 2. The second-order valence-electron chi connectivity index (χ2n) is 7.77. The van der Waals surface area contributed by atoms with Gasteiger partial charge in [0.1, 0.15) is 0 Å². The van der Waals surface area contributed by atoms with Crippen molar-refractivity contribution in [3.8, 4) is 0 Å². The quantitative estimate of drug-likeness (QED) is 0.513. The first-order chi connectivity index (χ1) is 11.5. The highest BCUT2D eigenvalue weighted by Gasteiger charge is 2.42. The van der Waals surface area contributed by atoms with Crippen molar-refractivity contribution in [1.29, 1.82) is 0 Å². The van der Waals surface area contributed by atoms with E-state index in [2.05, 4.69) is 15.6 Å². The fourth-order valence-corrected chi connectivity index (χ4v) is 3.27. The zero-order valence-corrected chi connectivity index (χ0v) is 17.3. The summed E-state index contributed by atoms with van der Waals surface area (Å²) in [7, 11) is 0.372. The second-order valence-corrected chi connectivity index (χ2v) is 10.4. The van der Waals surface area contributed by atoms with Crippen LogP contribution in [-0.2, 0) is 14.6 Å². The van der Waals surface area contributed by atoms with Gasteiger partial charge in [0.05, 0.1) is 16.7 Å². The Bertz CT molecular complexity index is 591. The van der Waals surface area contributed by atoms with Crippen LogP contribution in [0.25, 0.3) is 0 Å². The van der Waals surface area contributed by atoms with E-state index in [-0.39, 0.29) is 12.5 Å². The molecule has 0 spiro atoms. The zero-order valence-electron chi connectivity index (χ0n) is 16.5. The van der Waals surface area contributed by atoms with Crippen LogP contribution in [0.3, 0.4) is 0 Å². The van der Waals surface area contributed by atoms with Gasteiger partial charge in [0.2, 0.25) is 5.91 Å². The van der Waals surface area contributed by atoms with Crippen molar-refractivity contribution in [3.63, 3.8) is 0 Å². The molecule has 7 nitrogen and oxygen atoms in total. The van der Waals surface area contributed by atoms with Gasteiger partial charge in [-0.05, 0) is 33.6 Å². The zero-order chi connectivity index (χ0) is 19.3. The summed E-state index contributed by atoms with van der Waals surface area (Å²) in [5, 5.41) is 6.39. The van der Waals surface area contributed by atoms with Gasteiger partial charge < -0.3 is 15.5 Å². The Labute approximate surface area is 152 Å². The number of nitrogens with one attached hydrogen (secondary N) is 2. The third-order valence-electron chi connectivity index (χ3n) is 4.98. The van der Waals surface area contributed by atoms with Gasteiger partial charge >= 0.3 is 0 Å². The number of aliphatic imine (C=N–C) groups is 1. The summed E-state index contributed by atoms with van der Waals surface area (Å²) in [6.45, 7) is 6.63. The third-order valence-corrected chi connectivity index (χ3v) is 7.12. The van der Waals surface area contributed by atoms with Gasteiger partial charge in [-0.1, -0.05) is 12.8 Å². The van der Waals surface area contributed by atoms with Gasteiger partial charge in [-0.15, -0.1) is 0 Å². The van der Waals surface area contributed by atoms with Crippen LogP contribution >= 0.6 is 0 Å². The number of sulfone groups is 1. The van der Waals surface area contributed by atoms with E-state index >= 15 is 0 Å². The van der Waals surface area contributed by atoms with Crippen molar-refractivity contribution >= 4 is 21.7 Å². The van der Waals surface area contributed by atoms with Gasteiger partial charge in [0.15, 0.2) is 15.8 Å². The molecule has 0 radical (unpaired) electrons. The lowest BCUT2D eigenvalue weighted by Gasteiger charge is -2.31. The molecule has 1 saturated carbocycles. The predicted molar refractivity (Wildman–Crippen MR) is 102 cm³/mol. The molecule has 0 heterocycles. The van der Waals surface area contributed by atoms with Gasteiger partial charge in [-0.3, -0.25) is 9.79 Å². The molecular formula is C17H34N4O3S. The average Bonchev–Trinajstić information content (AvgIpc) is 2.98. The molecule has 1 amide bonds. The minimum Gasteiger partial charge on any atom is -0.357 e. The third kappa shape index (κ3) is 5.59. The van der Waals surface area contributed by atoms with Crippen LogP contribution in [0.5, 0.6) is 0 Å². The van der Waals surface area contributed by atoms with Gasteiger partial charge in [-0.25, -0.2) is 8.42 Å². The second kappa shape index (κ2) is 8.38. The standard InChI is InChI=1S/C17H34N4O3S/c1-7-18-15(19-12-16(2,3)25(6,23)24)20-13-17(10-8-9-11-17)14(22)21(4)5/h7-13H2,1-6H3,(H2,18,19,20). The molecule has 0 unspecified atom stereocenters. The molecule has 8 heteroatoms. The first kappa shape index (κ1) is 21.7. The Morgan fingerprint density at radius 2 is 1.76 bits per heavy atom. The van der Waals surface area contributed by atoms with E-state index in [0.717, 1.165) is 25.7 Å². The van der Waals surface area contributed by atoms with Crippen LogP contribution in [0.2, 0.25) is 0 Å². The number of rotatable bonds is 7. The first-order valence-corrected chi connectivity index (χ1v) is 10.8. The highest BCUT2D eigenvalue weighted by atomic mass is 32.2. The van der Waals surface area contributed by atoms with E-state index in [1.807, 2.05) is 6.92 Å². The Balaban J connectivity index is 2.87. The summed E-state index contributed by atoms with van der Waals surface area (Å²) in [6.07, 6.45) is 5.06. The van der Waals surface area contributed by atoms with E-state index in [0.29, 0.717) is 19.0 Å². The van der Waals surface area contributed by atoms with E-state index in [4.69, 9.17) is 0 Å². The smallest absolute Gasteiger partial charge is 0.230 e. The highest BCUT2D eigenvalue weighted by molar-refractivity contribution is 7.92. The number of amides is 1. The molecule has 0 aromatic heterocycles. The largest absolute Gasteiger partial charge is 0.357 e. The topological polar surface area (TPSA) is 90.9 Å². The van der Waals surface area contributed by atoms with Crippen LogP contribution in [0.15, 0.2) is 4.99 Å². The molecule has 1 fully saturated rings. The molecule has 146 valence electrons. The van der Waals surface area contributed by atoms with Crippen LogP contribution in [-0.4, -0.2) is 69.9 Å². The van der Waals surface area contributed by atoms with Crippen molar-refractivity contribution in [1.82, 2.24) is 15.5 Å². The summed E-state index contributed by atoms with van der Waals surface area (Å²) in [4.78, 5) is 18.7. The Morgan fingerprint density at radius 1 is 1.20 bits per heavy atom. The number of hydrogen-bond acceptors (Lipinski definition) is 4. The maximum Gasteiger partial charge on any atom is 0.230 e.